The molecule has 0 rings (SSSR count). The van der Waals surface area contributed by atoms with Crippen LogP contribution in [0.4, 0.5) is 0 Å². The summed E-state index contributed by atoms with van der Waals surface area (Å²) in [6, 6.07) is 0. The first-order chi connectivity index (χ1) is 8.62. The van der Waals surface area contributed by atoms with Crippen molar-refractivity contribution in [3.8, 4) is 0 Å². The van der Waals surface area contributed by atoms with Gasteiger partial charge in [-0.25, -0.2) is 0 Å². The maximum absolute atomic E-state index is 8.93. The van der Waals surface area contributed by atoms with Crippen LogP contribution in [0.15, 0.2) is 0 Å². The van der Waals surface area contributed by atoms with E-state index in [2.05, 4.69) is 9.05 Å². The van der Waals surface area contributed by atoms with Crippen LogP contribution in [0.5, 0.6) is 0 Å². The van der Waals surface area contributed by atoms with E-state index in [1.54, 1.807) is 0 Å². The molecule has 0 aliphatic rings. The van der Waals surface area contributed by atoms with Gasteiger partial charge in [0.15, 0.2) is 0 Å². The van der Waals surface area contributed by atoms with E-state index in [1.165, 1.54) is 0 Å². The summed E-state index contributed by atoms with van der Waals surface area (Å²) in [6.45, 7) is 9.75. The van der Waals surface area contributed by atoms with Gasteiger partial charge in [0.2, 0.25) is 0 Å². The highest BCUT2D eigenvalue weighted by molar-refractivity contribution is 7.40. The Labute approximate surface area is 113 Å². The quantitative estimate of drug-likeness (QED) is 0.603. The first kappa shape index (κ1) is 20.9. The predicted octanol–water partition coefficient (Wildman–Crippen LogP) is 3.34. The molecule has 0 aromatic carbocycles. The highest BCUT2D eigenvalue weighted by atomic mass is 31.2. The van der Waals surface area contributed by atoms with Gasteiger partial charge < -0.3 is 27.9 Å². The van der Waals surface area contributed by atoms with Gasteiger partial charge in [0.05, 0.1) is 26.4 Å². The maximum atomic E-state index is 8.93. The Balaban J connectivity index is 0. The van der Waals surface area contributed by atoms with E-state index in [0.717, 1.165) is 12.8 Å². The molecule has 0 aromatic heterocycles. The highest BCUT2D eigenvalue weighted by Gasteiger charge is 2.03. The van der Waals surface area contributed by atoms with Crippen LogP contribution in [0.1, 0.15) is 40.5 Å². The Morgan fingerprint density at radius 3 is 1.28 bits per heavy atom. The lowest BCUT2D eigenvalue weighted by Gasteiger charge is -2.08. The maximum Gasteiger partial charge on any atom is 0.329 e. The molecule has 18 heavy (non-hydrogen) atoms. The smallest absolute Gasteiger partial charge is 0.328 e. The SMILES string of the molecule is CCCOP(O)OCCC.CCOP(O)OCC. The van der Waals surface area contributed by atoms with Crippen molar-refractivity contribution in [2.45, 2.75) is 40.5 Å². The van der Waals surface area contributed by atoms with E-state index in [9.17, 15) is 0 Å². The minimum Gasteiger partial charge on any atom is -0.328 e. The molecule has 0 saturated heterocycles. The average Bonchev–Trinajstić information content (AvgIpc) is 2.35. The lowest BCUT2D eigenvalue weighted by Crippen LogP contribution is -1.92. The molecule has 2 N–H and O–H groups in total. The summed E-state index contributed by atoms with van der Waals surface area (Å²) < 4.78 is 19.1. The van der Waals surface area contributed by atoms with Gasteiger partial charge >= 0.3 is 17.2 Å². The Morgan fingerprint density at radius 2 is 1.00 bits per heavy atom. The summed E-state index contributed by atoms with van der Waals surface area (Å²) in [4.78, 5) is 17.6. The van der Waals surface area contributed by atoms with Gasteiger partial charge in [-0.2, -0.15) is 0 Å². The van der Waals surface area contributed by atoms with Crippen LogP contribution >= 0.6 is 17.2 Å². The predicted molar refractivity (Wildman–Crippen MR) is 74.0 cm³/mol. The van der Waals surface area contributed by atoms with E-state index < -0.39 is 17.2 Å². The minimum atomic E-state index is -1.59. The first-order valence-electron chi connectivity index (χ1n) is 6.11. The third-order valence-corrected chi connectivity index (χ3v) is 3.06. The summed E-state index contributed by atoms with van der Waals surface area (Å²) >= 11 is 0. The molecule has 0 bridgehead atoms. The number of hydrogen-bond donors (Lipinski definition) is 2. The van der Waals surface area contributed by atoms with Crippen LogP contribution in [-0.2, 0) is 18.1 Å². The van der Waals surface area contributed by atoms with Gasteiger partial charge in [0.25, 0.3) is 0 Å². The van der Waals surface area contributed by atoms with Gasteiger partial charge in [0, 0.05) is 0 Å². The molecular weight excluding hydrogens is 278 g/mol. The van der Waals surface area contributed by atoms with Crippen molar-refractivity contribution >= 4 is 17.2 Å². The summed E-state index contributed by atoms with van der Waals surface area (Å²) in [5, 5.41) is 0. The van der Waals surface area contributed by atoms with Gasteiger partial charge in [-0.05, 0) is 26.7 Å². The van der Waals surface area contributed by atoms with Crippen LogP contribution in [0, 0.1) is 0 Å². The zero-order valence-electron chi connectivity index (χ0n) is 11.7. The fourth-order valence-corrected chi connectivity index (χ4v) is 1.90. The van der Waals surface area contributed by atoms with Crippen LogP contribution < -0.4 is 0 Å². The Kier molecular flexibility index (Phi) is 20.5. The Morgan fingerprint density at radius 1 is 0.667 bits per heavy atom. The second kappa shape index (κ2) is 17.6. The molecule has 0 amide bonds. The van der Waals surface area contributed by atoms with Gasteiger partial charge in [0.1, 0.15) is 0 Å². The van der Waals surface area contributed by atoms with Crippen molar-refractivity contribution in [1.82, 2.24) is 0 Å². The van der Waals surface area contributed by atoms with Crippen molar-refractivity contribution in [1.29, 1.82) is 0 Å². The third-order valence-electron chi connectivity index (χ3n) is 1.29. The first-order valence-corrected chi connectivity index (χ1v) is 8.37. The second-order valence-electron chi connectivity index (χ2n) is 2.98. The summed E-state index contributed by atoms with van der Waals surface area (Å²) in [5.74, 6) is 0. The lowest BCUT2D eigenvalue weighted by atomic mass is 10.5. The number of hydrogen-bond acceptors (Lipinski definition) is 6. The molecule has 0 aliphatic heterocycles. The molecule has 6 nitrogen and oxygen atoms in total. The van der Waals surface area contributed by atoms with Crippen molar-refractivity contribution < 1.29 is 27.9 Å². The largest absolute Gasteiger partial charge is 0.329 e. The van der Waals surface area contributed by atoms with E-state index in [-0.39, 0.29) is 0 Å². The molecular formula is C10H26O6P2. The molecule has 8 heteroatoms. The Bertz CT molecular complexity index is 138. The molecule has 0 aromatic rings. The van der Waals surface area contributed by atoms with Crippen LogP contribution in [0.25, 0.3) is 0 Å². The zero-order chi connectivity index (χ0) is 14.2. The summed E-state index contributed by atoms with van der Waals surface area (Å²) in [7, 11) is -3.17. The van der Waals surface area contributed by atoms with Crippen molar-refractivity contribution in [3.05, 3.63) is 0 Å². The third kappa shape index (κ3) is 19.0. The average molecular weight is 304 g/mol. The highest BCUT2D eigenvalue weighted by Crippen LogP contribution is 2.32. The van der Waals surface area contributed by atoms with E-state index in [0.29, 0.717) is 26.4 Å². The molecule has 0 atom stereocenters. The molecule has 0 spiro atoms. The van der Waals surface area contributed by atoms with E-state index in [1.807, 2.05) is 27.7 Å². The van der Waals surface area contributed by atoms with E-state index >= 15 is 0 Å². The molecule has 0 fully saturated rings. The van der Waals surface area contributed by atoms with Crippen LogP contribution in [-0.4, -0.2) is 36.2 Å². The van der Waals surface area contributed by atoms with Crippen LogP contribution in [0.3, 0.4) is 0 Å². The molecule has 0 aliphatic carbocycles. The van der Waals surface area contributed by atoms with E-state index in [4.69, 9.17) is 18.8 Å². The van der Waals surface area contributed by atoms with Gasteiger partial charge in [-0.1, -0.05) is 13.8 Å². The minimum absolute atomic E-state index is 0.502. The Hall–Kier alpha value is 0.620. The molecule has 0 radical (unpaired) electrons. The number of rotatable bonds is 10. The second-order valence-corrected chi connectivity index (χ2v) is 4.96. The molecule has 0 unspecified atom stereocenters. The normalized spacial score (nSPS) is 10.7. The summed E-state index contributed by atoms with van der Waals surface area (Å²) in [6.07, 6.45) is 1.82. The topological polar surface area (TPSA) is 77.4 Å². The fraction of sp³-hybridized carbons (Fsp3) is 1.00. The molecule has 0 heterocycles. The molecule has 112 valence electrons. The zero-order valence-corrected chi connectivity index (χ0v) is 13.5. The molecule has 0 saturated carbocycles. The van der Waals surface area contributed by atoms with Crippen molar-refractivity contribution in [3.63, 3.8) is 0 Å². The van der Waals surface area contributed by atoms with Gasteiger partial charge in [-0.15, -0.1) is 0 Å². The fourth-order valence-electron chi connectivity index (χ4n) is 0.634. The monoisotopic (exact) mass is 304 g/mol. The van der Waals surface area contributed by atoms with Crippen LogP contribution in [0.2, 0.25) is 0 Å². The van der Waals surface area contributed by atoms with Crippen molar-refractivity contribution in [2.75, 3.05) is 26.4 Å². The van der Waals surface area contributed by atoms with Crippen molar-refractivity contribution in [2.24, 2.45) is 0 Å². The standard InChI is InChI=1S/C6H15O3P.C4H11O3P/c1-3-5-8-10(7)9-6-4-2;1-3-6-8(5)7-4-2/h7H,3-6H2,1-2H3;5H,3-4H2,1-2H3. The lowest BCUT2D eigenvalue weighted by molar-refractivity contribution is 0.200. The summed E-state index contributed by atoms with van der Waals surface area (Å²) in [5.41, 5.74) is 0. The van der Waals surface area contributed by atoms with Gasteiger partial charge in [-0.3, -0.25) is 0 Å².